The van der Waals surface area contributed by atoms with Gasteiger partial charge in [0.2, 0.25) is 11.8 Å². The molecule has 0 radical (unpaired) electrons. The Kier molecular flexibility index (Phi) is 22.2. The summed E-state index contributed by atoms with van der Waals surface area (Å²) in [6.07, 6.45) is 1.89. The third kappa shape index (κ3) is 23.1. The standard InChI is InChI=1S/C37H66N6O12/c1-27(2)29(44)9-7-8-10-31(46)39-37(5,6)26-55-25-36(3,4)24-38-30(45)12-11-28(35(53)54)43-19-17-41(22-33(49)50)15-13-40(21-32(47)48)14-16-42(18-20-43)23-34(51)52/h27-28H,7-26H2,1-6H3,(H,38,45)(H,39,46)(H,47,48)(H,49,50)(H,51,52)(H,53,54). The largest absolute Gasteiger partial charge is 0.480 e. The molecule has 1 aliphatic rings. The highest BCUT2D eigenvalue weighted by molar-refractivity contribution is 5.80. The molecule has 18 nitrogen and oxygen atoms in total. The molecule has 6 N–H and O–H groups in total. The number of ketones is 1. The summed E-state index contributed by atoms with van der Waals surface area (Å²) < 4.78 is 5.93. The van der Waals surface area contributed by atoms with Gasteiger partial charge in [-0.25, -0.2) is 0 Å². The van der Waals surface area contributed by atoms with E-state index in [4.69, 9.17) is 4.74 Å². The summed E-state index contributed by atoms with van der Waals surface area (Å²) in [7, 11) is 0. The third-order valence-electron chi connectivity index (χ3n) is 9.24. The molecule has 0 saturated carbocycles. The topological polar surface area (TPSA) is 247 Å². The van der Waals surface area contributed by atoms with Gasteiger partial charge in [0, 0.05) is 89.5 Å². The van der Waals surface area contributed by atoms with Crippen molar-refractivity contribution in [2.75, 3.05) is 91.8 Å². The quantitative estimate of drug-likeness (QED) is 0.0731. The lowest BCUT2D eigenvalue weighted by Crippen LogP contribution is -2.52. The van der Waals surface area contributed by atoms with Gasteiger partial charge in [0.25, 0.3) is 0 Å². The van der Waals surface area contributed by atoms with Crippen molar-refractivity contribution in [1.29, 1.82) is 0 Å². The van der Waals surface area contributed by atoms with Gasteiger partial charge in [-0.1, -0.05) is 27.7 Å². The van der Waals surface area contributed by atoms with E-state index in [0.29, 0.717) is 25.7 Å². The van der Waals surface area contributed by atoms with Crippen LogP contribution in [0.4, 0.5) is 0 Å². The minimum absolute atomic E-state index is 0.0113. The van der Waals surface area contributed by atoms with Crippen LogP contribution in [-0.4, -0.2) is 185 Å². The number of carbonyl (C=O) groups is 7. The van der Waals surface area contributed by atoms with Crippen LogP contribution >= 0.6 is 0 Å². The smallest absolute Gasteiger partial charge is 0.320 e. The summed E-state index contributed by atoms with van der Waals surface area (Å²) in [5.41, 5.74) is -1.14. The van der Waals surface area contributed by atoms with Crippen molar-refractivity contribution in [3.8, 4) is 0 Å². The van der Waals surface area contributed by atoms with E-state index in [9.17, 15) is 54.0 Å². The van der Waals surface area contributed by atoms with Crippen molar-refractivity contribution in [1.82, 2.24) is 30.2 Å². The molecule has 1 unspecified atom stereocenters. The van der Waals surface area contributed by atoms with Crippen LogP contribution in [0.5, 0.6) is 0 Å². The number of carboxylic acids is 4. The molecule has 1 rings (SSSR count). The van der Waals surface area contributed by atoms with Gasteiger partial charge in [-0.2, -0.15) is 0 Å². The van der Waals surface area contributed by atoms with Crippen molar-refractivity contribution < 1.29 is 58.7 Å². The maximum Gasteiger partial charge on any atom is 0.320 e. The number of aliphatic carboxylic acids is 4. The number of unbranched alkanes of at least 4 members (excludes halogenated alkanes) is 1. The molecule has 0 aromatic heterocycles. The molecular formula is C37H66N6O12. The monoisotopic (exact) mass is 786 g/mol. The number of hydrogen-bond acceptors (Lipinski definition) is 12. The van der Waals surface area contributed by atoms with Crippen LogP contribution in [0.2, 0.25) is 0 Å². The van der Waals surface area contributed by atoms with E-state index in [-0.39, 0.29) is 128 Å². The van der Waals surface area contributed by atoms with Gasteiger partial charge in [-0.3, -0.25) is 53.2 Å². The second kappa shape index (κ2) is 24.7. The average molecular weight is 787 g/mol. The second-order valence-corrected chi connectivity index (χ2v) is 16.1. The lowest BCUT2D eigenvalue weighted by molar-refractivity contribution is -0.145. The van der Waals surface area contributed by atoms with Crippen molar-refractivity contribution in [2.24, 2.45) is 11.3 Å². The Labute approximate surface area is 324 Å². The van der Waals surface area contributed by atoms with Crippen molar-refractivity contribution in [3.63, 3.8) is 0 Å². The van der Waals surface area contributed by atoms with Crippen LogP contribution in [0.25, 0.3) is 0 Å². The molecule has 1 saturated heterocycles. The zero-order valence-corrected chi connectivity index (χ0v) is 33.6. The van der Waals surface area contributed by atoms with Crippen LogP contribution in [0, 0.1) is 11.3 Å². The summed E-state index contributed by atoms with van der Waals surface area (Å²) in [6.45, 7) is 12.3. The summed E-state index contributed by atoms with van der Waals surface area (Å²) in [5, 5.41) is 44.4. The van der Waals surface area contributed by atoms with Crippen LogP contribution in [0.3, 0.4) is 0 Å². The van der Waals surface area contributed by atoms with Crippen molar-refractivity contribution >= 4 is 41.5 Å². The molecule has 1 fully saturated rings. The lowest BCUT2D eigenvalue weighted by atomic mass is 9.94. The number of nitrogens with one attached hydrogen (secondary N) is 2. The molecule has 0 aliphatic carbocycles. The first kappa shape index (κ1) is 49.3. The van der Waals surface area contributed by atoms with E-state index >= 15 is 0 Å². The molecule has 0 aromatic rings. The van der Waals surface area contributed by atoms with E-state index in [1.54, 1.807) is 19.6 Å². The van der Waals surface area contributed by atoms with Gasteiger partial charge in [0.15, 0.2) is 0 Å². The molecule has 0 aromatic carbocycles. The summed E-state index contributed by atoms with van der Waals surface area (Å²) in [4.78, 5) is 90.8. The highest BCUT2D eigenvalue weighted by Gasteiger charge is 2.30. The molecule has 18 heteroatoms. The highest BCUT2D eigenvalue weighted by atomic mass is 16.5. The number of nitrogens with zero attached hydrogens (tertiary/aromatic N) is 4. The van der Waals surface area contributed by atoms with Crippen LogP contribution in [0.15, 0.2) is 0 Å². The first-order valence-corrected chi connectivity index (χ1v) is 19.1. The molecule has 2 amide bonds. The number of hydrogen-bond donors (Lipinski definition) is 6. The van der Waals surface area contributed by atoms with Gasteiger partial charge in [0.05, 0.1) is 38.4 Å². The minimum Gasteiger partial charge on any atom is -0.480 e. The van der Waals surface area contributed by atoms with Gasteiger partial charge >= 0.3 is 23.9 Å². The zero-order valence-electron chi connectivity index (χ0n) is 33.6. The van der Waals surface area contributed by atoms with Crippen LogP contribution in [0.1, 0.15) is 80.1 Å². The Bertz CT molecular complexity index is 1240. The Morgan fingerprint density at radius 1 is 0.636 bits per heavy atom. The summed E-state index contributed by atoms with van der Waals surface area (Å²) in [5.74, 6) is -4.74. The fourth-order valence-electron chi connectivity index (χ4n) is 6.05. The Balaban J connectivity index is 2.78. The maximum absolute atomic E-state index is 13.0. The molecule has 0 bridgehead atoms. The van der Waals surface area contributed by atoms with E-state index in [2.05, 4.69) is 10.6 Å². The third-order valence-corrected chi connectivity index (χ3v) is 9.24. The number of amides is 2. The Morgan fingerprint density at radius 2 is 1.09 bits per heavy atom. The molecule has 55 heavy (non-hydrogen) atoms. The SMILES string of the molecule is CC(C)C(=O)CCCCC(=O)NC(C)(C)COCC(C)(C)CNC(=O)CCC(C(=O)O)N1CCN(CC(=O)O)CCN(CC(=O)O)CCN(CC(=O)O)CC1. The van der Waals surface area contributed by atoms with Gasteiger partial charge < -0.3 is 35.8 Å². The fraction of sp³-hybridized carbons (Fsp3) is 0.811. The number of Topliss-reactive ketones (excluding diaryl/α,β-unsaturated/α-hetero) is 1. The van der Waals surface area contributed by atoms with Crippen molar-refractivity contribution in [2.45, 2.75) is 91.6 Å². The van der Waals surface area contributed by atoms with Gasteiger partial charge in [-0.05, 0) is 33.1 Å². The molecule has 1 heterocycles. The first-order chi connectivity index (χ1) is 25.6. The molecule has 1 aliphatic heterocycles. The van der Waals surface area contributed by atoms with Gasteiger partial charge in [0.1, 0.15) is 11.8 Å². The zero-order chi connectivity index (χ0) is 41.8. The number of rotatable bonds is 24. The summed E-state index contributed by atoms with van der Waals surface area (Å²) in [6, 6.07) is -1.12. The normalized spacial score (nSPS) is 16.8. The fourth-order valence-corrected chi connectivity index (χ4v) is 6.05. The van der Waals surface area contributed by atoms with Crippen LogP contribution < -0.4 is 10.6 Å². The minimum atomic E-state index is -1.17. The molecular weight excluding hydrogens is 720 g/mol. The predicted octanol–water partition coefficient (Wildman–Crippen LogP) is 0.535. The van der Waals surface area contributed by atoms with Crippen molar-refractivity contribution in [3.05, 3.63) is 0 Å². The maximum atomic E-state index is 13.0. The second-order valence-electron chi connectivity index (χ2n) is 16.1. The Morgan fingerprint density at radius 3 is 1.53 bits per heavy atom. The molecule has 1 atom stereocenters. The first-order valence-electron chi connectivity index (χ1n) is 19.1. The van der Waals surface area contributed by atoms with E-state index < -0.39 is 40.9 Å². The van der Waals surface area contributed by atoms with Gasteiger partial charge in [-0.15, -0.1) is 0 Å². The van der Waals surface area contributed by atoms with E-state index in [1.165, 1.54) is 0 Å². The van der Waals surface area contributed by atoms with Crippen LogP contribution in [-0.2, 0) is 38.3 Å². The number of carboxylic acid groups (broad SMARTS) is 4. The van der Waals surface area contributed by atoms with E-state index in [1.807, 2.05) is 41.5 Å². The molecule has 0 spiro atoms. The summed E-state index contributed by atoms with van der Waals surface area (Å²) >= 11 is 0. The van der Waals surface area contributed by atoms with E-state index in [0.717, 1.165) is 0 Å². The number of carbonyl (C=O) groups excluding carboxylic acids is 3. The number of ether oxygens (including phenoxy) is 1. The highest BCUT2D eigenvalue weighted by Crippen LogP contribution is 2.17. The molecule has 316 valence electrons. The lowest BCUT2D eigenvalue weighted by Gasteiger charge is -2.35. The Hall–Kier alpha value is -3.71. The predicted molar refractivity (Wildman–Crippen MR) is 203 cm³/mol. The average Bonchev–Trinajstić information content (AvgIpc) is 3.05.